The van der Waals surface area contributed by atoms with Crippen LogP contribution in [0.2, 0.25) is 0 Å². The van der Waals surface area contributed by atoms with Crippen molar-refractivity contribution in [1.29, 1.82) is 0 Å². The molecule has 0 aliphatic carbocycles. The highest BCUT2D eigenvalue weighted by Gasteiger charge is 2.14. The lowest BCUT2D eigenvalue weighted by molar-refractivity contribution is 0.179. The Hall–Kier alpha value is -3.77. The molecule has 0 saturated carbocycles. The van der Waals surface area contributed by atoms with Gasteiger partial charge in [-0.25, -0.2) is 4.79 Å². The first kappa shape index (κ1) is 22.4. The van der Waals surface area contributed by atoms with E-state index < -0.39 is 0 Å². The van der Waals surface area contributed by atoms with Gasteiger partial charge in [-0.1, -0.05) is 30.3 Å². The zero-order chi connectivity index (χ0) is 23.2. The summed E-state index contributed by atoms with van der Waals surface area (Å²) >= 11 is 0. The Bertz CT molecular complexity index is 1200. The molecule has 4 rings (SSSR count). The molecule has 0 fully saturated rings. The molecular weight excluding hydrogens is 412 g/mol. The largest absolute Gasteiger partial charge is 0.486 e. The second kappa shape index (κ2) is 10.2. The second-order valence-electron chi connectivity index (χ2n) is 8.41. The van der Waals surface area contributed by atoms with Gasteiger partial charge in [0, 0.05) is 48.5 Å². The molecule has 2 N–H and O–H groups in total. The molecule has 170 valence electrons. The molecule has 1 atom stereocenters. The first-order valence-corrected chi connectivity index (χ1v) is 11.1. The number of aryl methyl sites for hydroxylation is 1. The molecule has 33 heavy (non-hydrogen) atoms. The van der Waals surface area contributed by atoms with Crippen LogP contribution < -0.4 is 15.4 Å². The minimum absolute atomic E-state index is 0.0383. The van der Waals surface area contributed by atoms with Crippen molar-refractivity contribution >= 4 is 28.3 Å². The van der Waals surface area contributed by atoms with Crippen LogP contribution in [0.3, 0.4) is 0 Å². The van der Waals surface area contributed by atoms with Crippen LogP contribution >= 0.6 is 0 Å². The molecule has 0 saturated heterocycles. The molecule has 0 radical (unpaired) electrons. The number of amides is 2. The SMILES string of the molecule is CN(C)CCC(Oc1ccc(NC(=O)Nc2ccc3c(ccn3C)c2)cc1)c1ccccc1. The zero-order valence-electron chi connectivity index (χ0n) is 19.3. The fourth-order valence-electron chi connectivity index (χ4n) is 3.77. The van der Waals surface area contributed by atoms with Gasteiger partial charge in [-0.3, -0.25) is 0 Å². The highest BCUT2D eigenvalue weighted by Crippen LogP contribution is 2.26. The molecule has 6 nitrogen and oxygen atoms in total. The van der Waals surface area contributed by atoms with Crippen LogP contribution in [0.15, 0.2) is 85.1 Å². The summed E-state index contributed by atoms with van der Waals surface area (Å²) in [6, 6.07) is 25.3. The molecule has 1 heterocycles. The van der Waals surface area contributed by atoms with E-state index in [0.29, 0.717) is 5.69 Å². The van der Waals surface area contributed by atoms with E-state index in [9.17, 15) is 4.79 Å². The van der Waals surface area contributed by atoms with Gasteiger partial charge in [0.2, 0.25) is 0 Å². The van der Waals surface area contributed by atoms with Crippen LogP contribution in [0.5, 0.6) is 5.75 Å². The van der Waals surface area contributed by atoms with Crippen LogP contribution in [-0.4, -0.2) is 36.1 Å². The highest BCUT2D eigenvalue weighted by molar-refractivity contribution is 6.01. The number of carbonyl (C=O) groups is 1. The monoisotopic (exact) mass is 442 g/mol. The van der Waals surface area contributed by atoms with Gasteiger partial charge in [-0.15, -0.1) is 0 Å². The van der Waals surface area contributed by atoms with E-state index in [1.165, 1.54) is 0 Å². The number of fused-ring (bicyclic) bond motifs is 1. The number of hydrogen-bond donors (Lipinski definition) is 2. The highest BCUT2D eigenvalue weighted by atomic mass is 16.5. The van der Waals surface area contributed by atoms with E-state index in [1.54, 1.807) is 0 Å². The number of ether oxygens (including phenoxy) is 1. The number of hydrogen-bond acceptors (Lipinski definition) is 3. The number of nitrogens with zero attached hydrogens (tertiary/aromatic N) is 2. The minimum atomic E-state index is -0.285. The smallest absolute Gasteiger partial charge is 0.323 e. The standard InChI is InChI=1S/C27H30N4O2/c1-30(2)17-16-26(20-7-5-4-6-8-20)33-24-12-9-22(10-13-24)28-27(32)29-23-11-14-25-21(19-23)15-18-31(25)3/h4-15,18-19,26H,16-17H2,1-3H3,(H2,28,29,32). The number of carbonyl (C=O) groups excluding carboxylic acids is 1. The predicted octanol–water partition coefficient (Wildman–Crippen LogP) is 5.89. The lowest BCUT2D eigenvalue weighted by Crippen LogP contribution is -2.19. The Morgan fingerprint density at radius 1 is 0.939 bits per heavy atom. The first-order chi connectivity index (χ1) is 16.0. The van der Waals surface area contributed by atoms with E-state index in [4.69, 9.17) is 4.74 Å². The van der Waals surface area contributed by atoms with Crippen molar-refractivity contribution in [2.24, 2.45) is 7.05 Å². The molecule has 0 bridgehead atoms. The van der Waals surface area contributed by atoms with Crippen LogP contribution in [0.1, 0.15) is 18.1 Å². The average molecular weight is 443 g/mol. The average Bonchev–Trinajstić information content (AvgIpc) is 3.18. The van der Waals surface area contributed by atoms with Gasteiger partial charge >= 0.3 is 6.03 Å². The Kier molecular flexibility index (Phi) is 6.95. The molecular formula is C27H30N4O2. The molecule has 2 amide bonds. The van der Waals surface area contributed by atoms with E-state index in [1.807, 2.05) is 84.5 Å². The summed E-state index contributed by atoms with van der Waals surface area (Å²) in [6.45, 7) is 0.925. The summed E-state index contributed by atoms with van der Waals surface area (Å²) in [7, 11) is 6.12. The van der Waals surface area contributed by atoms with Gasteiger partial charge in [-0.05, 0) is 68.2 Å². The van der Waals surface area contributed by atoms with E-state index in [0.717, 1.165) is 40.9 Å². The van der Waals surface area contributed by atoms with E-state index in [2.05, 4.69) is 41.8 Å². The third-order valence-corrected chi connectivity index (χ3v) is 5.54. The third-order valence-electron chi connectivity index (χ3n) is 5.54. The fraction of sp³-hybridized carbons (Fsp3) is 0.222. The normalized spacial score (nSPS) is 12.0. The molecule has 0 aliphatic rings. The van der Waals surface area contributed by atoms with Crippen molar-refractivity contribution in [1.82, 2.24) is 9.47 Å². The van der Waals surface area contributed by atoms with Crippen molar-refractivity contribution in [2.45, 2.75) is 12.5 Å². The first-order valence-electron chi connectivity index (χ1n) is 11.1. The Morgan fingerprint density at radius 2 is 1.64 bits per heavy atom. The number of aromatic nitrogens is 1. The lowest BCUT2D eigenvalue weighted by Gasteiger charge is -2.21. The number of rotatable bonds is 8. The topological polar surface area (TPSA) is 58.5 Å². The summed E-state index contributed by atoms with van der Waals surface area (Å²) in [5.74, 6) is 0.767. The lowest BCUT2D eigenvalue weighted by atomic mass is 10.1. The molecule has 4 aromatic rings. The van der Waals surface area contributed by atoms with Gasteiger partial charge in [0.15, 0.2) is 0 Å². The molecule has 0 spiro atoms. The quantitative estimate of drug-likeness (QED) is 0.357. The van der Waals surface area contributed by atoms with Gasteiger partial charge in [-0.2, -0.15) is 0 Å². The van der Waals surface area contributed by atoms with E-state index >= 15 is 0 Å². The summed E-state index contributed by atoms with van der Waals surface area (Å²) < 4.78 is 8.34. The molecule has 6 heteroatoms. The van der Waals surface area contributed by atoms with Gasteiger partial charge < -0.3 is 24.8 Å². The minimum Gasteiger partial charge on any atom is -0.486 e. The van der Waals surface area contributed by atoms with Crippen LogP contribution in [0.4, 0.5) is 16.2 Å². The van der Waals surface area contributed by atoms with Crippen molar-refractivity contribution in [3.8, 4) is 5.75 Å². The summed E-state index contributed by atoms with van der Waals surface area (Å²) in [5, 5.41) is 6.85. The van der Waals surface area contributed by atoms with Gasteiger partial charge in [0.05, 0.1) is 0 Å². The number of anilines is 2. The van der Waals surface area contributed by atoms with E-state index in [-0.39, 0.29) is 12.1 Å². The number of benzene rings is 3. The molecule has 1 aromatic heterocycles. The molecule has 0 aliphatic heterocycles. The maximum Gasteiger partial charge on any atom is 0.323 e. The predicted molar refractivity (Wildman–Crippen MR) is 135 cm³/mol. The second-order valence-corrected chi connectivity index (χ2v) is 8.41. The Balaban J connectivity index is 1.37. The number of nitrogens with one attached hydrogen (secondary N) is 2. The maximum absolute atomic E-state index is 12.5. The van der Waals surface area contributed by atoms with Crippen molar-refractivity contribution in [3.05, 3.63) is 90.6 Å². The Morgan fingerprint density at radius 3 is 2.36 bits per heavy atom. The number of urea groups is 1. The molecule has 1 unspecified atom stereocenters. The van der Waals surface area contributed by atoms with Crippen LogP contribution in [0, 0.1) is 0 Å². The zero-order valence-corrected chi connectivity index (χ0v) is 19.3. The van der Waals surface area contributed by atoms with Crippen LogP contribution in [0.25, 0.3) is 10.9 Å². The van der Waals surface area contributed by atoms with Crippen molar-refractivity contribution in [3.63, 3.8) is 0 Å². The fourth-order valence-corrected chi connectivity index (χ4v) is 3.77. The third kappa shape index (κ3) is 5.93. The van der Waals surface area contributed by atoms with Gasteiger partial charge in [0.25, 0.3) is 0 Å². The van der Waals surface area contributed by atoms with Crippen LogP contribution in [-0.2, 0) is 7.05 Å². The Labute approximate surface area is 194 Å². The van der Waals surface area contributed by atoms with Crippen molar-refractivity contribution in [2.75, 3.05) is 31.3 Å². The summed E-state index contributed by atoms with van der Waals surface area (Å²) in [4.78, 5) is 14.6. The summed E-state index contributed by atoms with van der Waals surface area (Å²) in [5.41, 5.74) is 3.72. The molecule has 3 aromatic carbocycles. The summed E-state index contributed by atoms with van der Waals surface area (Å²) in [6.07, 6.45) is 2.84. The van der Waals surface area contributed by atoms with Crippen molar-refractivity contribution < 1.29 is 9.53 Å². The maximum atomic E-state index is 12.5. The van der Waals surface area contributed by atoms with Gasteiger partial charge in [0.1, 0.15) is 11.9 Å².